The number of aromatic hydroxyl groups is 2. The van der Waals surface area contributed by atoms with Gasteiger partial charge in [-0.2, -0.15) is 0 Å². The van der Waals surface area contributed by atoms with Gasteiger partial charge in [0.05, 0.1) is 24.3 Å². The second-order valence-electron chi connectivity index (χ2n) is 6.22. The van der Waals surface area contributed by atoms with Gasteiger partial charge in [-0.25, -0.2) is 9.59 Å². The highest BCUT2D eigenvalue weighted by molar-refractivity contribution is 5.89. The van der Waals surface area contributed by atoms with E-state index in [2.05, 4.69) is 0 Å². The summed E-state index contributed by atoms with van der Waals surface area (Å²) in [7, 11) is 0. The zero-order chi connectivity index (χ0) is 20.2. The van der Waals surface area contributed by atoms with Crippen LogP contribution in [0.4, 0.5) is 0 Å². The Labute approximate surface area is 159 Å². The Morgan fingerprint density at radius 2 is 1.22 bits per heavy atom. The molecule has 0 saturated carbocycles. The molecule has 27 heavy (non-hydrogen) atoms. The van der Waals surface area contributed by atoms with Crippen molar-refractivity contribution in [3.63, 3.8) is 0 Å². The molecule has 0 bridgehead atoms. The summed E-state index contributed by atoms with van der Waals surface area (Å²) in [5.74, 6) is -0.0749. The van der Waals surface area contributed by atoms with Gasteiger partial charge in [-0.1, -0.05) is 20.8 Å². The van der Waals surface area contributed by atoms with E-state index in [0.717, 1.165) is 6.42 Å². The van der Waals surface area contributed by atoms with E-state index >= 15 is 0 Å². The van der Waals surface area contributed by atoms with Gasteiger partial charge in [0.25, 0.3) is 0 Å². The van der Waals surface area contributed by atoms with Gasteiger partial charge < -0.3 is 19.7 Å². The quantitative estimate of drug-likeness (QED) is 0.738. The van der Waals surface area contributed by atoms with Crippen LogP contribution in [0.5, 0.6) is 11.5 Å². The van der Waals surface area contributed by atoms with Gasteiger partial charge in [-0.05, 0) is 60.9 Å². The predicted octanol–water partition coefficient (Wildman–Crippen LogP) is 4.16. The lowest BCUT2D eigenvalue weighted by atomic mass is 10.2. The van der Waals surface area contributed by atoms with E-state index in [0.29, 0.717) is 30.3 Å². The number of esters is 2. The van der Waals surface area contributed by atoms with E-state index in [4.69, 9.17) is 19.7 Å². The molecule has 0 spiro atoms. The summed E-state index contributed by atoms with van der Waals surface area (Å²) in [6.07, 6.45) is 0.809. The summed E-state index contributed by atoms with van der Waals surface area (Å²) in [5.41, 5.74) is 0.926. The molecule has 0 amide bonds. The first-order valence-electron chi connectivity index (χ1n) is 8.75. The lowest BCUT2D eigenvalue weighted by Crippen LogP contribution is -2.09. The minimum atomic E-state index is -0.348. The highest BCUT2D eigenvalue weighted by atomic mass is 16.5. The van der Waals surface area contributed by atoms with Gasteiger partial charge in [0.1, 0.15) is 11.5 Å². The Bertz CT molecular complexity index is 704. The van der Waals surface area contributed by atoms with Crippen molar-refractivity contribution in [2.75, 3.05) is 13.2 Å². The zero-order valence-corrected chi connectivity index (χ0v) is 15.8. The van der Waals surface area contributed by atoms with Crippen molar-refractivity contribution < 1.29 is 29.3 Å². The first kappa shape index (κ1) is 22.0. The van der Waals surface area contributed by atoms with Crippen LogP contribution < -0.4 is 0 Å². The van der Waals surface area contributed by atoms with Crippen LogP contribution in [-0.2, 0) is 9.47 Å². The van der Waals surface area contributed by atoms with Gasteiger partial charge in [0.15, 0.2) is 0 Å². The predicted molar refractivity (Wildman–Crippen MR) is 102 cm³/mol. The first-order chi connectivity index (χ1) is 12.8. The minimum absolute atomic E-state index is 0.144. The number of ether oxygens (including phenoxy) is 2. The number of phenolic OH excluding ortho intramolecular Hbond substituents is 2. The standard InChI is InChI=1S/C11H14O3.C10H12O3/c1-8(2)7-14-11(13)9-3-5-10(12)6-4-9;1-2-7-13-10(12)8-3-5-9(11)6-4-8/h3-6,8,12H,7H2,1-2H3;3-6,11H,2,7H2,1H3. The number of carbonyl (C=O) groups excluding carboxylic acids is 2. The second-order valence-corrected chi connectivity index (χ2v) is 6.22. The van der Waals surface area contributed by atoms with Crippen LogP contribution in [0.25, 0.3) is 0 Å². The van der Waals surface area contributed by atoms with Crippen LogP contribution in [-0.4, -0.2) is 35.4 Å². The summed E-state index contributed by atoms with van der Waals surface area (Å²) in [5, 5.41) is 18.0. The van der Waals surface area contributed by atoms with E-state index in [1.54, 1.807) is 0 Å². The van der Waals surface area contributed by atoms with Crippen molar-refractivity contribution in [3.05, 3.63) is 59.7 Å². The average molecular weight is 374 g/mol. The van der Waals surface area contributed by atoms with Gasteiger partial charge in [-0.3, -0.25) is 0 Å². The maximum atomic E-state index is 11.4. The minimum Gasteiger partial charge on any atom is -0.508 e. The molecule has 0 fully saturated rings. The molecule has 0 saturated heterocycles. The van der Waals surface area contributed by atoms with Crippen molar-refractivity contribution in [3.8, 4) is 11.5 Å². The summed E-state index contributed by atoms with van der Waals surface area (Å²) in [4.78, 5) is 22.6. The van der Waals surface area contributed by atoms with Crippen molar-refractivity contribution in [1.82, 2.24) is 0 Å². The molecule has 146 valence electrons. The maximum absolute atomic E-state index is 11.4. The molecule has 2 rings (SSSR count). The van der Waals surface area contributed by atoms with Crippen molar-refractivity contribution in [2.45, 2.75) is 27.2 Å². The normalized spacial score (nSPS) is 9.93. The number of hydrogen-bond donors (Lipinski definition) is 2. The third-order valence-electron chi connectivity index (χ3n) is 3.19. The molecule has 0 aromatic heterocycles. The Hall–Kier alpha value is -3.02. The Kier molecular flexibility index (Phi) is 9.43. The number of carbonyl (C=O) groups is 2. The van der Waals surface area contributed by atoms with Crippen molar-refractivity contribution in [2.24, 2.45) is 5.92 Å². The van der Waals surface area contributed by atoms with Crippen LogP contribution in [0, 0.1) is 5.92 Å². The fourth-order valence-corrected chi connectivity index (χ4v) is 1.80. The molecule has 0 aliphatic carbocycles. The van der Waals surface area contributed by atoms with Gasteiger partial charge in [0.2, 0.25) is 0 Å². The number of rotatable bonds is 6. The fourth-order valence-electron chi connectivity index (χ4n) is 1.80. The molecule has 0 radical (unpaired) electrons. The lowest BCUT2D eigenvalue weighted by Gasteiger charge is -2.06. The highest BCUT2D eigenvalue weighted by Crippen LogP contribution is 2.11. The van der Waals surface area contributed by atoms with E-state index in [1.165, 1.54) is 48.5 Å². The summed E-state index contributed by atoms with van der Waals surface area (Å²) >= 11 is 0. The number of hydrogen-bond acceptors (Lipinski definition) is 6. The second kappa shape index (κ2) is 11.6. The molecule has 0 aliphatic rings. The van der Waals surface area contributed by atoms with Crippen molar-refractivity contribution in [1.29, 1.82) is 0 Å². The lowest BCUT2D eigenvalue weighted by molar-refractivity contribution is 0.0457. The third kappa shape index (κ3) is 8.76. The van der Waals surface area contributed by atoms with E-state index in [-0.39, 0.29) is 23.4 Å². The molecule has 6 nitrogen and oxygen atoms in total. The molecule has 0 heterocycles. The molecule has 2 aromatic rings. The van der Waals surface area contributed by atoms with Crippen LogP contribution in [0.1, 0.15) is 47.9 Å². The van der Waals surface area contributed by atoms with Crippen LogP contribution in [0.3, 0.4) is 0 Å². The van der Waals surface area contributed by atoms with Crippen LogP contribution in [0.2, 0.25) is 0 Å². The summed E-state index contributed by atoms with van der Waals surface area (Å²) in [6.45, 7) is 6.73. The molecule has 2 aromatic carbocycles. The molecule has 0 atom stereocenters. The molecular formula is C21H26O6. The SMILES string of the molecule is CC(C)COC(=O)c1ccc(O)cc1.CCCOC(=O)c1ccc(O)cc1. The van der Waals surface area contributed by atoms with E-state index < -0.39 is 0 Å². The average Bonchev–Trinajstić information content (AvgIpc) is 2.66. The largest absolute Gasteiger partial charge is 0.508 e. The smallest absolute Gasteiger partial charge is 0.338 e. The molecule has 2 N–H and O–H groups in total. The monoisotopic (exact) mass is 374 g/mol. The van der Waals surface area contributed by atoms with E-state index in [9.17, 15) is 9.59 Å². The number of benzene rings is 2. The third-order valence-corrected chi connectivity index (χ3v) is 3.19. The van der Waals surface area contributed by atoms with Gasteiger partial charge >= 0.3 is 11.9 Å². The molecular weight excluding hydrogens is 348 g/mol. The van der Waals surface area contributed by atoms with Gasteiger partial charge in [0, 0.05) is 0 Å². The Morgan fingerprint density at radius 1 is 0.815 bits per heavy atom. The summed E-state index contributed by atoms with van der Waals surface area (Å²) in [6, 6.07) is 12.0. The van der Waals surface area contributed by atoms with Crippen LogP contribution >= 0.6 is 0 Å². The topological polar surface area (TPSA) is 93.1 Å². The van der Waals surface area contributed by atoms with Gasteiger partial charge in [-0.15, -0.1) is 0 Å². The maximum Gasteiger partial charge on any atom is 0.338 e. The molecule has 0 unspecified atom stereocenters. The highest BCUT2D eigenvalue weighted by Gasteiger charge is 2.07. The first-order valence-corrected chi connectivity index (χ1v) is 8.75. The molecule has 6 heteroatoms. The van der Waals surface area contributed by atoms with Crippen LogP contribution in [0.15, 0.2) is 48.5 Å². The zero-order valence-electron chi connectivity index (χ0n) is 15.8. The Morgan fingerprint density at radius 3 is 1.59 bits per heavy atom. The fraction of sp³-hybridized carbons (Fsp3) is 0.333. The molecule has 0 aliphatic heterocycles. The van der Waals surface area contributed by atoms with E-state index in [1.807, 2.05) is 20.8 Å². The summed E-state index contributed by atoms with van der Waals surface area (Å²) < 4.78 is 9.91. The Balaban J connectivity index is 0.000000271. The van der Waals surface area contributed by atoms with Crippen molar-refractivity contribution >= 4 is 11.9 Å². The number of phenols is 2.